The molecule has 35 heavy (non-hydrogen) atoms. The van der Waals surface area contributed by atoms with Crippen molar-refractivity contribution in [2.75, 3.05) is 6.61 Å². The Morgan fingerprint density at radius 1 is 1.17 bits per heavy atom. The van der Waals surface area contributed by atoms with Crippen LogP contribution in [0.1, 0.15) is 50.7 Å². The molecule has 0 bridgehead atoms. The first-order valence-corrected chi connectivity index (χ1v) is 12.6. The van der Waals surface area contributed by atoms with Crippen molar-refractivity contribution >= 4 is 11.6 Å². The summed E-state index contributed by atoms with van der Waals surface area (Å²) in [5.41, 5.74) is -1.22. The van der Waals surface area contributed by atoms with Gasteiger partial charge in [-0.25, -0.2) is 4.39 Å². The number of hydrogen-bond acceptors (Lipinski definition) is 4. The summed E-state index contributed by atoms with van der Waals surface area (Å²) in [6.45, 7) is 3.38. The minimum Gasteiger partial charge on any atom is -0.412 e. The van der Waals surface area contributed by atoms with E-state index in [2.05, 4.69) is 19.1 Å². The molecule has 5 aliphatic carbocycles. The molecule has 4 N–H and O–H groups in total. The lowest BCUT2D eigenvalue weighted by atomic mass is 9.42. The summed E-state index contributed by atoms with van der Waals surface area (Å²) in [4.78, 5) is 25.7. The second-order valence-corrected chi connectivity index (χ2v) is 11.9. The molecule has 0 radical (unpaired) electrons. The minimum atomic E-state index is -1.90. The van der Waals surface area contributed by atoms with Crippen LogP contribution in [0.5, 0.6) is 0 Å². The van der Waals surface area contributed by atoms with E-state index < -0.39 is 40.5 Å². The van der Waals surface area contributed by atoms with Crippen molar-refractivity contribution in [3.8, 4) is 0 Å². The molecule has 188 valence electrons. The first-order valence-electron chi connectivity index (χ1n) is 12.6. The van der Waals surface area contributed by atoms with Gasteiger partial charge in [0.2, 0.25) is 0 Å². The molecule has 6 rings (SSSR count). The van der Waals surface area contributed by atoms with Crippen molar-refractivity contribution in [2.45, 2.75) is 64.1 Å². The van der Waals surface area contributed by atoms with E-state index in [0.29, 0.717) is 19.3 Å². The molecule has 8 atom stereocenters. The summed E-state index contributed by atoms with van der Waals surface area (Å²) in [6.07, 6.45) is 6.77. The maximum atomic E-state index is 17.4. The van der Waals surface area contributed by atoms with Gasteiger partial charge in [0.15, 0.2) is 17.2 Å². The second kappa shape index (κ2) is 7.67. The van der Waals surface area contributed by atoms with E-state index in [1.807, 2.05) is 19.1 Å². The molecule has 0 aliphatic heterocycles. The van der Waals surface area contributed by atoms with Gasteiger partial charge in [-0.1, -0.05) is 42.8 Å². The van der Waals surface area contributed by atoms with Gasteiger partial charge in [0.05, 0.1) is 6.10 Å². The average Bonchev–Trinajstić information content (AvgIpc) is 3.07. The van der Waals surface area contributed by atoms with Gasteiger partial charge >= 0.3 is 0 Å². The topological polar surface area (TPSA) is 106 Å². The van der Waals surface area contributed by atoms with E-state index in [0.717, 1.165) is 24.0 Å². The van der Waals surface area contributed by atoms with Crippen molar-refractivity contribution in [1.29, 1.82) is 0 Å². The van der Waals surface area contributed by atoms with Crippen LogP contribution in [0.25, 0.3) is 0 Å². The number of benzene rings is 1. The van der Waals surface area contributed by atoms with Crippen molar-refractivity contribution in [2.24, 2.45) is 34.0 Å². The number of allylic oxidation sites excluding steroid dienone is 4. The second-order valence-electron chi connectivity index (χ2n) is 11.9. The molecule has 0 amide bonds. The Kier molecular flexibility index (Phi) is 5.38. The molecule has 5 aliphatic rings. The molecule has 3 fully saturated rings. The van der Waals surface area contributed by atoms with Gasteiger partial charge in [0.1, 0.15) is 6.61 Å². The van der Waals surface area contributed by atoms with Gasteiger partial charge in [-0.3, -0.25) is 9.59 Å². The monoisotopic (exact) mass is 482 g/mol. The first-order chi connectivity index (χ1) is 16.1. The van der Waals surface area contributed by atoms with Gasteiger partial charge < -0.3 is 15.7 Å². The van der Waals surface area contributed by atoms with Crippen LogP contribution in [0.4, 0.5) is 4.39 Å². The Bertz CT molecular complexity index is 1160. The quantitative estimate of drug-likeness (QED) is 0.676. The molecule has 1 aromatic carbocycles. The molecule has 3 saturated carbocycles. The largest absolute Gasteiger partial charge is 0.412 e. The maximum absolute atomic E-state index is 17.4. The highest BCUT2D eigenvalue weighted by Gasteiger charge is 2.76. The molecule has 0 spiro atoms. The number of aliphatic hydroxyl groups is 2. The van der Waals surface area contributed by atoms with Crippen LogP contribution in [-0.2, 0) is 22.4 Å². The number of halogens is 1. The third kappa shape index (κ3) is 2.74. The van der Waals surface area contributed by atoms with Crippen LogP contribution < -0.4 is 0 Å². The highest BCUT2D eigenvalue weighted by Crippen LogP contribution is 2.74. The molecule has 1 aromatic rings. The Morgan fingerprint density at radius 2 is 1.89 bits per heavy atom. The zero-order valence-corrected chi connectivity index (χ0v) is 20.4. The van der Waals surface area contributed by atoms with Gasteiger partial charge in [-0.2, -0.15) is 0 Å². The van der Waals surface area contributed by atoms with Crippen molar-refractivity contribution in [3.63, 3.8) is 0 Å². The predicted octanol–water partition coefficient (Wildman–Crippen LogP) is 3.11. The number of ketones is 2. The molecule has 0 saturated heterocycles. The normalized spacial score (nSPS) is 45.2. The number of hydrogen-bond donors (Lipinski definition) is 2. The molecule has 6 heteroatoms. The zero-order chi connectivity index (χ0) is 24.1. The zero-order valence-electron chi connectivity index (χ0n) is 20.4. The smallest absolute Gasteiger partial charge is 0.178 e. The fourth-order valence-corrected chi connectivity index (χ4v) is 9.37. The SMILES string of the molecule is C[C@]12C=CC(=O)C=C1CC[C@H]1[C@@H]3C[C@H]4Cc5ccccc5C[C@@]4(C(=O)CO)[C@@]3(C)C[C@H](O)[C@@]12F.O. The number of rotatable bonds is 2. The lowest BCUT2D eigenvalue weighted by Gasteiger charge is -2.63. The Labute approximate surface area is 205 Å². The maximum Gasteiger partial charge on any atom is 0.178 e. The summed E-state index contributed by atoms with van der Waals surface area (Å²) in [5, 5.41) is 21.7. The fraction of sp³-hybridized carbons (Fsp3) is 0.586. The highest BCUT2D eigenvalue weighted by atomic mass is 19.1. The van der Waals surface area contributed by atoms with Crippen LogP contribution in [0.2, 0.25) is 0 Å². The molecule has 0 heterocycles. The molecular weight excluding hydrogens is 447 g/mol. The number of alkyl halides is 1. The van der Waals surface area contributed by atoms with Gasteiger partial charge in [0.25, 0.3) is 0 Å². The summed E-state index contributed by atoms with van der Waals surface area (Å²) in [7, 11) is 0. The van der Waals surface area contributed by atoms with Gasteiger partial charge in [-0.15, -0.1) is 0 Å². The van der Waals surface area contributed by atoms with E-state index in [1.165, 1.54) is 11.6 Å². The van der Waals surface area contributed by atoms with Gasteiger partial charge in [0, 0.05) is 16.7 Å². The number of aliphatic hydroxyl groups excluding tert-OH is 2. The van der Waals surface area contributed by atoms with Crippen LogP contribution in [-0.4, -0.2) is 45.6 Å². The van der Waals surface area contributed by atoms with Crippen LogP contribution in [0, 0.1) is 34.0 Å². The van der Waals surface area contributed by atoms with Crippen molar-refractivity contribution in [1.82, 2.24) is 0 Å². The number of carbonyl (C=O) groups is 2. The lowest BCUT2D eigenvalue weighted by Crippen LogP contribution is -2.68. The predicted molar refractivity (Wildman–Crippen MR) is 129 cm³/mol. The summed E-state index contributed by atoms with van der Waals surface area (Å²) in [6, 6.07) is 8.19. The van der Waals surface area contributed by atoms with Crippen LogP contribution in [0.15, 0.2) is 48.1 Å². The van der Waals surface area contributed by atoms with E-state index in [1.54, 1.807) is 12.2 Å². The van der Waals surface area contributed by atoms with Gasteiger partial charge in [-0.05, 0) is 86.0 Å². The Morgan fingerprint density at radius 3 is 2.60 bits per heavy atom. The third-order valence-corrected chi connectivity index (χ3v) is 11.0. The molecular formula is C29H35FO5. The summed E-state index contributed by atoms with van der Waals surface area (Å²) in [5.74, 6) is -0.776. The molecule has 5 nitrogen and oxygen atoms in total. The van der Waals surface area contributed by atoms with Crippen molar-refractivity contribution in [3.05, 3.63) is 59.2 Å². The summed E-state index contributed by atoms with van der Waals surface area (Å²) >= 11 is 0. The van der Waals surface area contributed by atoms with Crippen LogP contribution in [0.3, 0.4) is 0 Å². The molecule has 0 unspecified atom stereocenters. The van der Waals surface area contributed by atoms with E-state index in [4.69, 9.17) is 0 Å². The minimum absolute atomic E-state index is 0. The Balaban J connectivity index is 0.00000253. The summed E-state index contributed by atoms with van der Waals surface area (Å²) < 4.78 is 17.4. The first kappa shape index (κ1) is 24.5. The standard InChI is InChI=1S/C29H33FO4.H2O/c1-26-10-9-21(32)12-19(26)7-8-22-23-13-20-11-17-5-3-4-6-18(17)14-28(20,25(34)16-31)27(23,2)15-24(33)29(22,26)30;/h3-6,9-10,12,20,22-24,31,33H,7-8,11,13-16H2,1-2H3;1H2/t20-,22+,23+,24+,26+,27+,28-,29+;/m1./s1. The van der Waals surface area contributed by atoms with Crippen molar-refractivity contribution < 1.29 is 29.7 Å². The Hall–Kier alpha value is -2.15. The lowest BCUT2D eigenvalue weighted by molar-refractivity contribution is -0.207. The van der Waals surface area contributed by atoms with E-state index in [-0.39, 0.29) is 35.3 Å². The van der Waals surface area contributed by atoms with E-state index >= 15 is 4.39 Å². The average molecular weight is 483 g/mol. The fourth-order valence-electron chi connectivity index (χ4n) is 9.37. The third-order valence-electron chi connectivity index (χ3n) is 11.0. The van der Waals surface area contributed by atoms with E-state index in [9.17, 15) is 19.8 Å². The van der Waals surface area contributed by atoms with Crippen LogP contribution >= 0.6 is 0 Å². The number of fused-ring (bicyclic) bond motifs is 8. The molecule has 0 aromatic heterocycles. The number of Topliss-reactive ketones (excluding diaryl/α,β-unsaturated/α-hetero) is 1. The number of carbonyl (C=O) groups excluding carboxylic acids is 2. The highest BCUT2D eigenvalue weighted by molar-refractivity contribution is 6.01.